The molecule has 0 amide bonds. The van der Waals surface area contributed by atoms with E-state index in [2.05, 4.69) is 9.88 Å². The second-order valence-corrected chi connectivity index (χ2v) is 11.6. The van der Waals surface area contributed by atoms with Gasteiger partial charge >= 0.3 is 5.97 Å². The lowest BCUT2D eigenvalue weighted by molar-refractivity contribution is -0.141. The number of pyridine rings is 1. The summed E-state index contributed by atoms with van der Waals surface area (Å²) < 4.78 is 5.35. The lowest BCUT2D eigenvalue weighted by Crippen LogP contribution is -2.42. The summed E-state index contributed by atoms with van der Waals surface area (Å²) >= 11 is 14.5. The minimum atomic E-state index is -0.833. The number of hydrogen-bond donors (Lipinski definition) is 2. The molecule has 37 heavy (non-hydrogen) atoms. The molecule has 1 unspecified atom stereocenters. The monoisotopic (exact) mass is 562 g/mol. The molecule has 0 saturated carbocycles. The third-order valence-corrected chi connectivity index (χ3v) is 9.09. The predicted octanol–water partition coefficient (Wildman–Crippen LogP) is 6.71. The Morgan fingerprint density at radius 3 is 2.65 bits per heavy atom. The summed E-state index contributed by atoms with van der Waals surface area (Å²) in [5.41, 5.74) is 0.985. The first kappa shape index (κ1) is 28.0. The van der Waals surface area contributed by atoms with Gasteiger partial charge in [0.25, 0.3) is 0 Å². The topological polar surface area (TPSA) is 82.9 Å². The van der Waals surface area contributed by atoms with Crippen LogP contribution in [0, 0.1) is 5.41 Å². The zero-order valence-electron chi connectivity index (χ0n) is 20.8. The SMILES string of the molecule is COc1ccc2ncc(Cl)c(C(O)CCC3(CC(=O)O)CCN(CCSc4ccccc4Cl)CC3)c2c1. The lowest BCUT2D eigenvalue weighted by atomic mass is 9.71. The van der Waals surface area contributed by atoms with Crippen LogP contribution in [-0.2, 0) is 4.79 Å². The second-order valence-electron chi connectivity index (χ2n) is 9.65. The minimum Gasteiger partial charge on any atom is -0.497 e. The molecule has 2 heterocycles. The van der Waals surface area contributed by atoms with Crippen molar-refractivity contribution < 1.29 is 19.7 Å². The van der Waals surface area contributed by atoms with E-state index >= 15 is 0 Å². The number of fused-ring (bicyclic) bond motifs is 1. The molecular weight excluding hydrogens is 531 g/mol. The third kappa shape index (κ3) is 7.09. The number of aliphatic carboxylic acids is 1. The summed E-state index contributed by atoms with van der Waals surface area (Å²) in [5, 5.41) is 22.8. The van der Waals surface area contributed by atoms with Gasteiger partial charge in [0.2, 0.25) is 0 Å². The van der Waals surface area contributed by atoms with Gasteiger partial charge in [-0.1, -0.05) is 35.3 Å². The van der Waals surface area contributed by atoms with Crippen LogP contribution in [0.2, 0.25) is 10.0 Å². The van der Waals surface area contributed by atoms with Crippen molar-refractivity contribution in [1.29, 1.82) is 0 Å². The highest BCUT2D eigenvalue weighted by Gasteiger charge is 2.37. The van der Waals surface area contributed by atoms with Crippen molar-refractivity contribution in [2.24, 2.45) is 5.41 Å². The molecule has 3 aromatic rings. The zero-order valence-corrected chi connectivity index (χ0v) is 23.2. The Hall–Kier alpha value is -2.03. The van der Waals surface area contributed by atoms with Gasteiger partial charge in [-0.2, -0.15) is 0 Å². The normalized spacial score (nSPS) is 16.5. The van der Waals surface area contributed by atoms with Gasteiger partial charge in [-0.15, -0.1) is 11.8 Å². The fourth-order valence-corrected chi connectivity index (χ4v) is 6.68. The number of carbonyl (C=O) groups is 1. The van der Waals surface area contributed by atoms with Crippen molar-refractivity contribution in [2.75, 3.05) is 32.5 Å². The number of halogens is 2. The van der Waals surface area contributed by atoms with Crippen LogP contribution in [0.15, 0.2) is 53.6 Å². The molecule has 9 heteroatoms. The van der Waals surface area contributed by atoms with Crippen molar-refractivity contribution in [2.45, 2.75) is 43.1 Å². The quantitative estimate of drug-likeness (QED) is 0.251. The summed E-state index contributed by atoms with van der Waals surface area (Å²) in [6.45, 7) is 2.59. The highest BCUT2D eigenvalue weighted by atomic mass is 35.5. The van der Waals surface area contributed by atoms with E-state index < -0.39 is 12.1 Å². The van der Waals surface area contributed by atoms with E-state index in [1.54, 1.807) is 25.1 Å². The maximum Gasteiger partial charge on any atom is 0.303 e. The van der Waals surface area contributed by atoms with E-state index in [1.807, 2.05) is 42.5 Å². The van der Waals surface area contributed by atoms with Gasteiger partial charge in [0.1, 0.15) is 5.75 Å². The number of carboxylic acid groups (broad SMARTS) is 1. The fourth-order valence-electron chi connectivity index (χ4n) is 5.15. The summed E-state index contributed by atoms with van der Waals surface area (Å²) in [6.07, 6.45) is 3.41. The number of methoxy groups -OCH3 is 1. The average Bonchev–Trinajstić information content (AvgIpc) is 2.89. The predicted molar refractivity (Wildman–Crippen MR) is 150 cm³/mol. The molecule has 6 nitrogen and oxygen atoms in total. The Kier molecular flexibility index (Phi) is 9.59. The minimum absolute atomic E-state index is 0.0978. The molecule has 1 saturated heterocycles. The van der Waals surface area contributed by atoms with Crippen LogP contribution in [0.4, 0.5) is 0 Å². The Morgan fingerprint density at radius 1 is 1.19 bits per heavy atom. The zero-order chi connectivity index (χ0) is 26.4. The number of likely N-dealkylation sites (tertiary alicyclic amines) is 1. The second kappa shape index (κ2) is 12.7. The van der Waals surface area contributed by atoms with Gasteiger partial charge in [0.05, 0.1) is 35.2 Å². The summed E-state index contributed by atoms with van der Waals surface area (Å²) in [5.74, 6) is 0.785. The van der Waals surface area contributed by atoms with Crippen LogP contribution in [0.25, 0.3) is 10.9 Å². The van der Waals surface area contributed by atoms with Gasteiger partial charge in [0, 0.05) is 34.3 Å². The maximum atomic E-state index is 11.8. The van der Waals surface area contributed by atoms with Crippen molar-refractivity contribution in [3.63, 3.8) is 0 Å². The first-order chi connectivity index (χ1) is 17.8. The number of thioether (sulfide) groups is 1. The number of aliphatic hydroxyl groups excluding tert-OH is 1. The standard InChI is InChI=1S/C28H32Cl2N2O4S/c1-36-19-6-7-23-20(16-19)27(22(30)18-31-23)24(33)8-9-28(17-26(34)35)10-12-32(13-11-28)14-15-37-25-5-3-2-4-21(25)29/h2-7,16,18,24,33H,8-15,17H2,1H3,(H,34,35). The molecule has 2 N–H and O–H groups in total. The third-order valence-electron chi connectivity index (χ3n) is 7.29. The molecule has 1 aromatic heterocycles. The molecule has 1 aliphatic heterocycles. The lowest BCUT2D eigenvalue weighted by Gasteiger charge is -2.41. The average molecular weight is 564 g/mol. The number of benzene rings is 2. The molecule has 1 atom stereocenters. The Labute approximate surface area is 231 Å². The number of carboxylic acids is 1. The number of rotatable bonds is 11. The molecule has 0 spiro atoms. The fraction of sp³-hybridized carbons (Fsp3) is 0.429. The number of ether oxygens (including phenoxy) is 1. The van der Waals surface area contributed by atoms with E-state index in [0.29, 0.717) is 29.2 Å². The summed E-state index contributed by atoms with van der Waals surface area (Å²) in [4.78, 5) is 19.6. The molecule has 2 aromatic carbocycles. The van der Waals surface area contributed by atoms with Crippen molar-refractivity contribution >= 4 is 51.8 Å². The van der Waals surface area contributed by atoms with Crippen molar-refractivity contribution in [3.05, 3.63) is 64.3 Å². The van der Waals surface area contributed by atoms with Gasteiger partial charge in [-0.25, -0.2) is 0 Å². The van der Waals surface area contributed by atoms with Gasteiger partial charge in [-0.05, 0) is 74.5 Å². The molecule has 4 rings (SSSR count). The maximum absolute atomic E-state index is 11.8. The molecule has 1 aliphatic rings. The molecule has 1 fully saturated rings. The first-order valence-electron chi connectivity index (χ1n) is 12.4. The number of piperidine rings is 1. The molecule has 0 radical (unpaired) electrons. The molecule has 198 valence electrons. The Balaban J connectivity index is 1.39. The van der Waals surface area contributed by atoms with Crippen molar-refractivity contribution in [3.8, 4) is 5.75 Å². The summed E-state index contributed by atoms with van der Waals surface area (Å²) in [6, 6.07) is 13.3. The number of hydrogen-bond acceptors (Lipinski definition) is 6. The van der Waals surface area contributed by atoms with Gasteiger partial charge < -0.3 is 19.8 Å². The summed E-state index contributed by atoms with van der Waals surface area (Å²) in [7, 11) is 1.59. The van der Waals surface area contributed by atoms with Crippen LogP contribution in [0.3, 0.4) is 0 Å². The highest BCUT2D eigenvalue weighted by Crippen LogP contribution is 2.43. The number of nitrogens with zero attached hydrogens (tertiary/aromatic N) is 2. The Morgan fingerprint density at radius 2 is 1.95 bits per heavy atom. The van der Waals surface area contributed by atoms with E-state index in [-0.39, 0.29) is 11.8 Å². The highest BCUT2D eigenvalue weighted by molar-refractivity contribution is 7.99. The molecular formula is C28H32Cl2N2O4S. The van der Waals surface area contributed by atoms with Crippen LogP contribution in [-0.4, -0.2) is 58.6 Å². The van der Waals surface area contributed by atoms with E-state index in [1.165, 1.54) is 0 Å². The van der Waals surface area contributed by atoms with E-state index in [0.717, 1.165) is 59.0 Å². The van der Waals surface area contributed by atoms with E-state index in [9.17, 15) is 15.0 Å². The first-order valence-corrected chi connectivity index (χ1v) is 14.2. The van der Waals surface area contributed by atoms with E-state index in [4.69, 9.17) is 27.9 Å². The number of aromatic nitrogens is 1. The number of aliphatic hydroxyl groups is 1. The van der Waals surface area contributed by atoms with Gasteiger partial charge in [-0.3, -0.25) is 9.78 Å². The van der Waals surface area contributed by atoms with Gasteiger partial charge in [0.15, 0.2) is 0 Å². The van der Waals surface area contributed by atoms with Crippen molar-refractivity contribution in [1.82, 2.24) is 9.88 Å². The smallest absolute Gasteiger partial charge is 0.303 e. The molecule has 0 bridgehead atoms. The molecule has 0 aliphatic carbocycles. The van der Waals surface area contributed by atoms with Crippen LogP contribution in [0.5, 0.6) is 5.75 Å². The Bertz CT molecular complexity index is 1230. The largest absolute Gasteiger partial charge is 0.497 e. The van der Waals surface area contributed by atoms with Crippen LogP contribution >= 0.6 is 35.0 Å². The van der Waals surface area contributed by atoms with Crippen LogP contribution in [0.1, 0.15) is 43.8 Å². The van der Waals surface area contributed by atoms with Crippen LogP contribution < -0.4 is 4.74 Å².